The predicted octanol–water partition coefficient (Wildman–Crippen LogP) is 14.7. The van der Waals surface area contributed by atoms with Gasteiger partial charge in [-0.3, -0.25) is 0 Å². The molecule has 0 spiro atoms. The monoisotopic (exact) mass is 623 g/mol. The maximum Gasteiger partial charge on any atom is -0.00986 e. The molecule has 0 aliphatic carbocycles. The maximum absolute atomic E-state index is 2.59. The molecule has 46 heavy (non-hydrogen) atoms. The van der Waals surface area contributed by atoms with Crippen LogP contribution in [0.25, 0.3) is 22.3 Å². The first-order valence-electron chi connectivity index (χ1n) is 18.8. The first kappa shape index (κ1) is 38.1. The fourth-order valence-electron chi connectivity index (χ4n) is 8.18. The van der Waals surface area contributed by atoms with E-state index in [0.29, 0.717) is 10.8 Å². The number of rotatable bonds is 16. The third-order valence-corrected chi connectivity index (χ3v) is 9.83. The van der Waals surface area contributed by atoms with Gasteiger partial charge in [0.2, 0.25) is 0 Å². The molecule has 0 N–H and O–H groups in total. The van der Waals surface area contributed by atoms with Crippen LogP contribution in [0.5, 0.6) is 0 Å². The average Bonchev–Trinajstić information content (AvgIpc) is 2.95. The molecule has 0 amide bonds. The normalized spacial score (nSPS) is 13.0. The Hall–Kier alpha value is -2.34. The maximum atomic E-state index is 2.59. The third-order valence-electron chi connectivity index (χ3n) is 9.83. The second kappa shape index (κ2) is 16.2. The Morgan fingerprint density at radius 1 is 0.413 bits per heavy atom. The number of unbranched alkanes of at least 4 members (excludes halogenated alkanes) is 6. The molecular weight excluding hydrogens is 553 g/mol. The lowest BCUT2D eigenvalue weighted by Gasteiger charge is -2.33. The molecular formula is C46H70. The van der Waals surface area contributed by atoms with Crippen molar-refractivity contribution in [2.24, 2.45) is 10.8 Å². The highest BCUT2D eigenvalue weighted by Crippen LogP contribution is 2.40. The van der Waals surface area contributed by atoms with Gasteiger partial charge in [0.15, 0.2) is 0 Å². The molecule has 3 aromatic rings. The summed E-state index contributed by atoms with van der Waals surface area (Å²) in [5.41, 5.74) is 12.5. The second-order valence-electron chi connectivity index (χ2n) is 18.2. The zero-order valence-corrected chi connectivity index (χ0v) is 32.3. The summed E-state index contributed by atoms with van der Waals surface area (Å²) in [6.45, 7) is 28.4. The van der Waals surface area contributed by atoms with Crippen molar-refractivity contribution in [3.8, 4) is 22.3 Å². The first-order chi connectivity index (χ1) is 21.5. The molecule has 0 radical (unpaired) electrons. The highest BCUT2D eigenvalue weighted by Gasteiger charge is 2.28. The van der Waals surface area contributed by atoms with E-state index in [1.165, 1.54) is 109 Å². The number of hydrogen-bond acceptors (Lipinski definition) is 0. The molecule has 0 saturated heterocycles. The number of aryl methyl sites for hydroxylation is 2. The minimum atomic E-state index is 0.154. The molecule has 0 aromatic heterocycles. The molecule has 0 atom stereocenters. The molecule has 0 saturated carbocycles. The zero-order chi connectivity index (χ0) is 34.2. The van der Waals surface area contributed by atoms with Crippen LogP contribution in [0.1, 0.15) is 170 Å². The number of hydrogen-bond donors (Lipinski definition) is 0. The van der Waals surface area contributed by atoms with E-state index in [0.717, 1.165) is 12.8 Å². The Morgan fingerprint density at radius 2 is 0.739 bits per heavy atom. The van der Waals surface area contributed by atoms with E-state index < -0.39 is 0 Å². The summed E-state index contributed by atoms with van der Waals surface area (Å²) in [7, 11) is 0. The van der Waals surface area contributed by atoms with Crippen molar-refractivity contribution in [3.63, 3.8) is 0 Å². The molecule has 254 valence electrons. The van der Waals surface area contributed by atoms with E-state index in [4.69, 9.17) is 0 Å². The van der Waals surface area contributed by atoms with Gasteiger partial charge in [0.25, 0.3) is 0 Å². The zero-order valence-electron chi connectivity index (χ0n) is 32.3. The second-order valence-corrected chi connectivity index (χ2v) is 18.2. The molecule has 0 fully saturated rings. The fraction of sp³-hybridized carbons (Fsp3) is 0.609. The van der Waals surface area contributed by atoms with Crippen molar-refractivity contribution < 1.29 is 0 Å². The van der Waals surface area contributed by atoms with Crippen LogP contribution >= 0.6 is 0 Å². The summed E-state index contributed by atoms with van der Waals surface area (Å²) in [5, 5.41) is 0. The SMILES string of the molecule is CCCCCCc1cc(-c2ccc(C(C)(C)CC(C)(C)C)cc2)c(CCCCCC)cc1-c1ccc(C(C)(C)CC(C)(C)C)cc1. The van der Waals surface area contributed by atoms with E-state index in [1.807, 2.05) is 0 Å². The molecule has 0 bridgehead atoms. The molecule has 0 aliphatic rings. The molecule has 0 heterocycles. The van der Waals surface area contributed by atoms with Crippen LogP contribution in [0.2, 0.25) is 0 Å². The van der Waals surface area contributed by atoms with E-state index in [-0.39, 0.29) is 10.8 Å². The van der Waals surface area contributed by atoms with E-state index in [1.54, 1.807) is 0 Å². The molecule has 0 heteroatoms. The van der Waals surface area contributed by atoms with Gasteiger partial charge in [-0.1, -0.05) is 182 Å². The smallest absolute Gasteiger partial charge is 0.00986 e. The molecule has 0 nitrogen and oxygen atoms in total. The van der Waals surface area contributed by atoms with Gasteiger partial charge >= 0.3 is 0 Å². The summed E-state index contributed by atoms with van der Waals surface area (Å²) >= 11 is 0. The van der Waals surface area contributed by atoms with Gasteiger partial charge in [-0.25, -0.2) is 0 Å². The molecule has 3 rings (SSSR count). The van der Waals surface area contributed by atoms with Gasteiger partial charge in [0, 0.05) is 0 Å². The highest BCUT2D eigenvalue weighted by molar-refractivity contribution is 5.77. The van der Waals surface area contributed by atoms with Crippen LogP contribution in [0.3, 0.4) is 0 Å². The van der Waals surface area contributed by atoms with Crippen molar-refractivity contribution in [3.05, 3.63) is 82.9 Å². The van der Waals surface area contributed by atoms with Crippen LogP contribution in [-0.2, 0) is 23.7 Å². The average molecular weight is 623 g/mol. The summed E-state index contributed by atoms with van der Waals surface area (Å²) in [5.74, 6) is 0. The van der Waals surface area contributed by atoms with Gasteiger partial charge in [-0.2, -0.15) is 0 Å². The summed E-state index contributed by atoms with van der Waals surface area (Å²) in [4.78, 5) is 0. The van der Waals surface area contributed by atoms with Crippen molar-refractivity contribution in [2.75, 3.05) is 0 Å². The minimum Gasteiger partial charge on any atom is -0.0654 e. The van der Waals surface area contributed by atoms with E-state index in [2.05, 4.69) is 144 Å². The Morgan fingerprint density at radius 3 is 1.02 bits per heavy atom. The predicted molar refractivity (Wildman–Crippen MR) is 207 cm³/mol. The van der Waals surface area contributed by atoms with Crippen molar-refractivity contribution in [2.45, 2.75) is 171 Å². The Labute approximate surface area is 286 Å². The molecule has 3 aromatic carbocycles. The summed E-state index contributed by atoms with van der Waals surface area (Å²) in [6, 6.07) is 24.5. The van der Waals surface area contributed by atoms with Crippen molar-refractivity contribution >= 4 is 0 Å². The number of benzene rings is 3. The van der Waals surface area contributed by atoms with E-state index in [9.17, 15) is 0 Å². The van der Waals surface area contributed by atoms with Gasteiger partial charge in [-0.05, 0) is 105 Å². The summed E-state index contributed by atoms with van der Waals surface area (Å²) in [6.07, 6.45) is 15.0. The first-order valence-corrected chi connectivity index (χ1v) is 18.8. The Bertz CT molecular complexity index is 1230. The Balaban J connectivity index is 2.09. The summed E-state index contributed by atoms with van der Waals surface area (Å²) < 4.78 is 0. The van der Waals surface area contributed by atoms with Crippen molar-refractivity contribution in [1.29, 1.82) is 0 Å². The Kier molecular flexibility index (Phi) is 13.4. The van der Waals surface area contributed by atoms with E-state index >= 15 is 0 Å². The topological polar surface area (TPSA) is 0 Å². The standard InChI is InChI=1S/C46H70/c1-13-15-17-19-21-37-31-42(36-25-29-40(30-26-36)46(11,12)34-44(6,7)8)38(22-20-18-16-14-2)32-41(37)35-23-27-39(28-24-35)45(9,10)33-43(3,4)5/h23-32H,13-22,33-34H2,1-12H3. The van der Waals surface area contributed by atoms with Crippen LogP contribution in [0, 0.1) is 10.8 Å². The molecule has 0 aliphatic heterocycles. The van der Waals surface area contributed by atoms with Gasteiger partial charge in [0.1, 0.15) is 0 Å². The van der Waals surface area contributed by atoms with Crippen LogP contribution in [0.15, 0.2) is 60.7 Å². The quantitative estimate of drug-likeness (QED) is 0.139. The third kappa shape index (κ3) is 11.4. The molecule has 0 unspecified atom stereocenters. The van der Waals surface area contributed by atoms with Crippen LogP contribution in [-0.4, -0.2) is 0 Å². The van der Waals surface area contributed by atoms with Crippen LogP contribution in [0.4, 0.5) is 0 Å². The lowest BCUT2D eigenvalue weighted by molar-refractivity contribution is 0.283. The van der Waals surface area contributed by atoms with Crippen LogP contribution < -0.4 is 0 Å². The van der Waals surface area contributed by atoms with Crippen molar-refractivity contribution in [1.82, 2.24) is 0 Å². The largest absolute Gasteiger partial charge is 0.0654 e. The van der Waals surface area contributed by atoms with Gasteiger partial charge in [-0.15, -0.1) is 0 Å². The van der Waals surface area contributed by atoms with Gasteiger partial charge < -0.3 is 0 Å². The highest BCUT2D eigenvalue weighted by atomic mass is 14.3. The fourth-order valence-corrected chi connectivity index (χ4v) is 8.18. The lowest BCUT2D eigenvalue weighted by atomic mass is 9.72. The van der Waals surface area contributed by atoms with Gasteiger partial charge in [0.05, 0.1) is 0 Å². The minimum absolute atomic E-state index is 0.154. The lowest BCUT2D eigenvalue weighted by Crippen LogP contribution is -2.24.